The minimum Gasteiger partial charge on any atom is -0.477 e. The van der Waals surface area contributed by atoms with Crippen LogP contribution in [0, 0.1) is 35.5 Å². The maximum absolute atomic E-state index is 14.7. The van der Waals surface area contributed by atoms with Crippen LogP contribution in [0.2, 0.25) is 0 Å². The van der Waals surface area contributed by atoms with E-state index in [9.17, 15) is 93.3 Å². The maximum Gasteiger partial charge on any atom is 0.410 e. The molecule has 780 valence electrons. The van der Waals surface area contributed by atoms with Gasteiger partial charge in [0.15, 0.2) is 0 Å². The number of nitrogens with two attached hydrogens (primary N) is 1. The van der Waals surface area contributed by atoms with Gasteiger partial charge in [-0.1, -0.05) is 159 Å². The van der Waals surface area contributed by atoms with Gasteiger partial charge in [-0.15, -0.1) is 16.4 Å². The highest BCUT2D eigenvalue weighted by Gasteiger charge is 2.57. The molecule has 0 radical (unpaired) electrons. The molecule has 22 atom stereocenters. The molecule has 12 amide bonds. The third-order valence-electron chi connectivity index (χ3n) is 27.0. The first-order valence-corrected chi connectivity index (χ1v) is 49.2. The molecule has 41 nitrogen and oxygen atoms in total. The predicted molar refractivity (Wildman–Crippen MR) is 524 cm³/mol. The van der Waals surface area contributed by atoms with E-state index in [-0.39, 0.29) is 111 Å². The number of amides is 12. The van der Waals surface area contributed by atoms with E-state index in [1.165, 1.54) is 49.1 Å². The fraction of sp³-hybridized carbons (Fsp3) is 0.590. The average molecular weight is 2000 g/mol. The zero-order valence-electron chi connectivity index (χ0n) is 83.9. The van der Waals surface area contributed by atoms with E-state index in [2.05, 4.69) is 52.5 Å². The van der Waals surface area contributed by atoms with Crippen molar-refractivity contribution in [3.8, 4) is 22.5 Å². The van der Waals surface area contributed by atoms with E-state index in [4.69, 9.17) is 34.2 Å². The minimum absolute atomic E-state index is 0.0182. The standard InChI is InChI=1S/C57H86N10O11S.C43H58N6O14/c1-13-36(6)49(45(76-11)32-46(69)67-29-18-22-44(67)50(77-12)37(7)51(70)63-43(54-59-28-30-79-54)31-39-19-15-14-16-20-39)65(9)55(73)47(34(2)3)64-53(72)48(35(4)5)66(10)57(75)78-33-40-23-25-41(26-24-40)62-52(71)42(61-38(8)68)21-17-27-60-56(58)74;1-21(2)22(3)44-32(53)14-15-33(54)48-18-24-10-6-7-11-26(24)36-34(27-12-8-9-13-28(27)48)46-47-49(36)19-30(52)38(56)41-35(45-23(4)50)29(51)17-43(63-41,42(59)60)62-20-25-16-31(61-5)39(57)40(58)37(25)55/h14-16,19-20,23-26,28,30,34-37,42-45,47-50H,13,17-18,21-22,27,29,31-33H2,1-12H3,(H,61,68)(H,62,71)(H,63,70)(H,64,72)(H3,58,60,74);6-13,21-22,25,29-31,35,37-41,51-52,55-58H,14-20H2,1-5H3,(H,44,53)(H,45,50)(H,59,60). The Morgan fingerprint density at radius 3 is 2.01 bits per heavy atom. The molecule has 22 unspecified atom stereocenters. The monoisotopic (exact) mass is 2000 g/mol. The number of carboxylic acids is 1. The van der Waals surface area contributed by atoms with Crippen LogP contribution in [0.3, 0.4) is 0 Å². The highest BCUT2D eigenvalue weighted by atomic mass is 32.1. The summed E-state index contributed by atoms with van der Waals surface area (Å²) in [5.41, 5.74) is 10.2. The number of aliphatic hydroxyl groups is 6. The van der Waals surface area contributed by atoms with Crippen LogP contribution in [0.4, 0.5) is 21.0 Å². The average Bonchev–Trinajstić information content (AvgIpc) is 1.30. The first-order valence-electron chi connectivity index (χ1n) is 48.3. The smallest absolute Gasteiger partial charge is 0.410 e. The van der Waals surface area contributed by atoms with Gasteiger partial charge in [0.2, 0.25) is 53.2 Å². The number of rotatable bonds is 45. The Balaban J connectivity index is 0.000000324. The van der Waals surface area contributed by atoms with Crippen molar-refractivity contribution in [2.45, 2.75) is 289 Å². The summed E-state index contributed by atoms with van der Waals surface area (Å²) in [6, 6.07) is 24.2. The van der Waals surface area contributed by atoms with Crippen molar-refractivity contribution in [1.29, 1.82) is 0 Å². The van der Waals surface area contributed by atoms with Crippen molar-refractivity contribution in [3.63, 3.8) is 0 Å². The molecule has 16 N–H and O–H groups in total. The van der Waals surface area contributed by atoms with Crippen molar-refractivity contribution >= 4 is 94.0 Å². The summed E-state index contributed by atoms with van der Waals surface area (Å²) in [4.78, 5) is 170. The molecule has 2 saturated heterocycles. The number of carbonyl (C=O) groups excluding carboxylic acids is 11. The fourth-order valence-corrected chi connectivity index (χ4v) is 19.3. The van der Waals surface area contributed by atoms with Crippen molar-refractivity contribution in [3.05, 3.63) is 136 Å². The van der Waals surface area contributed by atoms with Gasteiger partial charge < -0.3 is 122 Å². The topological polar surface area (TPSA) is 569 Å². The normalized spacial score (nSPS) is 21.9. The minimum atomic E-state index is -2.69. The summed E-state index contributed by atoms with van der Waals surface area (Å²) in [5.74, 6) is -10.1. The molecule has 42 heteroatoms. The third kappa shape index (κ3) is 29.6. The highest BCUT2D eigenvalue weighted by molar-refractivity contribution is 7.09. The van der Waals surface area contributed by atoms with Crippen LogP contribution < -0.4 is 47.9 Å². The number of carboxylic acid groups (broad SMARTS) is 1. The number of aromatic nitrogens is 4. The van der Waals surface area contributed by atoms with Gasteiger partial charge in [0, 0.05) is 122 Å². The van der Waals surface area contributed by atoms with Gasteiger partial charge in [-0.2, -0.15) is 0 Å². The van der Waals surface area contributed by atoms with Gasteiger partial charge >= 0.3 is 18.1 Å². The number of urea groups is 1. The number of hydrogen-bond acceptors (Lipinski definition) is 28. The van der Waals surface area contributed by atoms with E-state index < -0.39 is 182 Å². The van der Waals surface area contributed by atoms with E-state index in [0.717, 1.165) is 17.5 Å². The number of aliphatic hydroxyl groups excluding tert-OH is 6. The first-order chi connectivity index (χ1) is 67.4. The van der Waals surface area contributed by atoms with E-state index in [1.807, 2.05) is 97.2 Å². The lowest BCUT2D eigenvalue weighted by atomic mass is 9.81. The van der Waals surface area contributed by atoms with Gasteiger partial charge in [0.1, 0.15) is 66.0 Å². The number of likely N-dealkylation sites (N-methyl/N-ethyl adjacent to an activating group) is 2. The molecule has 3 fully saturated rings. The molecule has 1 aliphatic carbocycles. The van der Waals surface area contributed by atoms with Crippen molar-refractivity contribution < 1.29 is 122 Å². The van der Waals surface area contributed by atoms with Gasteiger partial charge in [-0.3, -0.25) is 48.1 Å². The van der Waals surface area contributed by atoms with Crippen LogP contribution in [-0.2, 0) is 102 Å². The number of methoxy groups -OCH3 is 3. The number of aliphatic carboxylic acids is 1. The first kappa shape index (κ1) is 114. The maximum atomic E-state index is 14.7. The SMILES string of the molecule is CCC(C)C(C(CC(=O)N1CCCC1C(OC)C(C)C(=O)NC(Cc1ccccc1)c1nccs1)OC)N(C)C(=O)C(NC(=O)C(C(C)C)N(C)C(=O)OCc1ccc(NC(=O)C(CCCNC(N)=O)NC(C)=O)cc1)C(C)C.COC1CC(COC2(C(=O)O)CC(O)C(NC(C)=O)C(C(O)C(O)Cn3nnc4c3-c3ccccc3CN(C(=O)CCC(=O)NC(C)C(C)C)c3ccccc3-4)O2)C(O)C(O)C1O. The molecule has 6 aromatic rings. The second-order valence-corrected chi connectivity index (χ2v) is 39.1. The molecule has 2 aromatic heterocycles. The number of benzene rings is 4. The van der Waals surface area contributed by atoms with Crippen LogP contribution >= 0.6 is 11.3 Å². The number of thiazole rings is 1. The van der Waals surface area contributed by atoms with Crippen molar-refractivity contribution in [2.24, 2.45) is 41.2 Å². The number of nitrogens with zero attached hydrogens (tertiary/aromatic N) is 8. The van der Waals surface area contributed by atoms with E-state index >= 15 is 0 Å². The van der Waals surface area contributed by atoms with Crippen molar-refractivity contribution in [1.82, 2.24) is 66.6 Å². The lowest BCUT2D eigenvalue weighted by Gasteiger charge is -2.47. The Morgan fingerprint density at radius 2 is 1.40 bits per heavy atom. The number of anilines is 2. The molecule has 4 aromatic carbocycles. The summed E-state index contributed by atoms with van der Waals surface area (Å²) < 4.78 is 36.1. The molecular weight excluding hydrogens is 1860 g/mol. The number of carbonyl (C=O) groups is 12. The van der Waals surface area contributed by atoms with Gasteiger partial charge in [0.25, 0.3) is 5.79 Å². The number of nitrogens with one attached hydrogen (secondary N) is 7. The number of fused-ring (bicyclic) bond motifs is 5. The highest BCUT2D eigenvalue weighted by Crippen LogP contribution is 2.43. The van der Waals surface area contributed by atoms with Crippen LogP contribution in [0.1, 0.15) is 175 Å². The Labute approximate surface area is 832 Å². The summed E-state index contributed by atoms with van der Waals surface area (Å²) in [5, 5.41) is 108. The lowest BCUT2D eigenvalue weighted by molar-refractivity contribution is -0.317. The molecule has 5 heterocycles. The van der Waals surface area contributed by atoms with Gasteiger partial charge in [-0.25, -0.2) is 24.0 Å². The molecule has 0 spiro atoms. The van der Waals surface area contributed by atoms with Crippen LogP contribution in [0.5, 0.6) is 0 Å². The van der Waals surface area contributed by atoms with E-state index in [0.29, 0.717) is 83.7 Å². The fourth-order valence-electron chi connectivity index (χ4n) is 18.7. The molecule has 0 bridgehead atoms. The summed E-state index contributed by atoms with van der Waals surface area (Å²) in [6.45, 7) is 21.0. The van der Waals surface area contributed by atoms with Gasteiger partial charge in [-0.05, 0) is 104 Å². The number of likely N-dealkylation sites (tertiary alicyclic amines) is 1. The quantitative estimate of drug-likeness (QED) is 0.0210. The Hall–Kier alpha value is -11.6. The summed E-state index contributed by atoms with van der Waals surface area (Å²) in [7, 11) is 7.50. The molecule has 4 aliphatic rings. The van der Waals surface area contributed by atoms with Crippen LogP contribution in [-0.4, -0.2) is 306 Å². The zero-order valence-corrected chi connectivity index (χ0v) is 84.7. The van der Waals surface area contributed by atoms with Crippen LogP contribution in [0.15, 0.2) is 115 Å². The Kier molecular flexibility index (Phi) is 42.7. The second kappa shape index (κ2) is 53.2. The van der Waals surface area contributed by atoms with E-state index in [1.54, 1.807) is 116 Å². The van der Waals surface area contributed by atoms with Crippen molar-refractivity contribution in [2.75, 3.05) is 65.3 Å². The van der Waals surface area contributed by atoms with Crippen LogP contribution in [0.25, 0.3) is 22.5 Å². The number of primary amides is 1. The Bertz CT molecular complexity index is 5190. The largest absolute Gasteiger partial charge is 0.477 e. The summed E-state index contributed by atoms with van der Waals surface area (Å²) in [6.07, 6.45) is -11.1. The predicted octanol–water partition coefficient (Wildman–Crippen LogP) is 5.48. The lowest BCUT2D eigenvalue weighted by Crippen LogP contribution is -2.68. The molecular formula is C100H144N16O25S. The second-order valence-electron chi connectivity index (χ2n) is 38.1. The molecule has 3 aliphatic heterocycles. The van der Waals surface area contributed by atoms with Gasteiger partial charge in [0.05, 0.1) is 98.1 Å². The molecule has 10 rings (SSSR count). The zero-order chi connectivity index (χ0) is 104. The summed E-state index contributed by atoms with van der Waals surface area (Å²) >= 11 is 1.48. The number of para-hydroxylation sites is 1. The molecule has 142 heavy (non-hydrogen) atoms. The Morgan fingerprint density at radius 1 is 0.725 bits per heavy atom. The third-order valence-corrected chi connectivity index (χ3v) is 27.9. The molecule has 1 saturated carbocycles. The number of hydrogen-bond donors (Lipinski definition) is 15. The number of ether oxygens (including phenoxy) is 6.